The smallest absolute Gasteiger partial charge is 0.225 e. The van der Waals surface area contributed by atoms with E-state index in [9.17, 15) is 4.79 Å². The summed E-state index contributed by atoms with van der Waals surface area (Å²) in [4.78, 5) is 11.4. The normalized spacial score (nSPS) is 10.3. The predicted octanol–water partition coefficient (Wildman–Crippen LogP) is 2.14. The summed E-state index contributed by atoms with van der Waals surface area (Å²) in [7, 11) is 1.64. The van der Waals surface area contributed by atoms with E-state index in [4.69, 9.17) is 10.5 Å². The third kappa shape index (κ3) is 2.78. The van der Waals surface area contributed by atoms with E-state index in [-0.39, 0.29) is 5.91 Å². The average molecular weight is 244 g/mol. The number of carbonyl (C=O) groups excluding carboxylic acids is 1. The summed E-state index contributed by atoms with van der Waals surface area (Å²) in [6, 6.07) is 11.6. The van der Waals surface area contributed by atoms with Gasteiger partial charge in [-0.15, -0.1) is 0 Å². The molecule has 2 aromatic carbocycles. The zero-order valence-electron chi connectivity index (χ0n) is 10.3. The number of nitrogens with two attached hydrogens (primary N) is 1. The van der Waals surface area contributed by atoms with Crippen molar-refractivity contribution >= 4 is 22.4 Å². The molecule has 2 aromatic rings. The summed E-state index contributed by atoms with van der Waals surface area (Å²) >= 11 is 0. The minimum atomic E-state index is -0.0645. The van der Waals surface area contributed by atoms with Crippen molar-refractivity contribution < 1.29 is 9.53 Å². The molecule has 1 amide bonds. The van der Waals surface area contributed by atoms with Crippen molar-refractivity contribution in [2.75, 3.05) is 19.0 Å². The number of methoxy groups -OCH3 is 1. The molecule has 0 fully saturated rings. The number of nitrogens with one attached hydrogen (secondary N) is 1. The fourth-order valence-corrected chi connectivity index (χ4v) is 1.78. The van der Waals surface area contributed by atoms with E-state index < -0.39 is 0 Å². The lowest BCUT2D eigenvalue weighted by molar-refractivity contribution is -0.116. The quantitative estimate of drug-likeness (QED) is 0.866. The van der Waals surface area contributed by atoms with Gasteiger partial charge in [0.05, 0.1) is 7.11 Å². The van der Waals surface area contributed by atoms with Gasteiger partial charge in [0.15, 0.2) is 0 Å². The van der Waals surface area contributed by atoms with Crippen molar-refractivity contribution in [2.45, 2.75) is 6.42 Å². The molecule has 94 valence electrons. The number of hydrogen-bond acceptors (Lipinski definition) is 3. The van der Waals surface area contributed by atoms with Gasteiger partial charge >= 0.3 is 0 Å². The Morgan fingerprint density at radius 1 is 1.22 bits per heavy atom. The molecule has 3 N–H and O–H groups in total. The highest BCUT2D eigenvalue weighted by atomic mass is 16.5. The monoisotopic (exact) mass is 244 g/mol. The molecule has 4 nitrogen and oxygen atoms in total. The maximum Gasteiger partial charge on any atom is 0.225 e. The van der Waals surface area contributed by atoms with Crippen molar-refractivity contribution in [1.29, 1.82) is 0 Å². The molecule has 0 aliphatic rings. The maximum atomic E-state index is 11.4. The van der Waals surface area contributed by atoms with Crippen LogP contribution < -0.4 is 15.8 Å². The number of amides is 1. The van der Waals surface area contributed by atoms with E-state index in [2.05, 4.69) is 5.32 Å². The summed E-state index contributed by atoms with van der Waals surface area (Å²) in [5, 5.41) is 4.95. The molecule has 0 atom stereocenters. The number of rotatable bonds is 4. The maximum absolute atomic E-state index is 11.4. The molecule has 0 bridgehead atoms. The van der Waals surface area contributed by atoms with E-state index >= 15 is 0 Å². The first-order valence-electron chi connectivity index (χ1n) is 5.80. The number of carbonyl (C=O) groups is 1. The second kappa shape index (κ2) is 5.51. The van der Waals surface area contributed by atoms with Crippen LogP contribution in [0.1, 0.15) is 6.42 Å². The van der Waals surface area contributed by atoms with Crippen LogP contribution in [0.25, 0.3) is 10.8 Å². The van der Waals surface area contributed by atoms with Gasteiger partial charge in [-0.1, -0.05) is 12.1 Å². The van der Waals surface area contributed by atoms with E-state index in [0.717, 1.165) is 22.2 Å². The molecule has 0 aliphatic carbocycles. The molecule has 0 aromatic heterocycles. The standard InChI is InChI=1S/C14H16N2O2/c1-18-13-5-3-10-8-12(4-2-11(10)9-13)16-14(17)6-7-15/h2-5,8-9H,6-7,15H2,1H3,(H,16,17). The van der Waals surface area contributed by atoms with Gasteiger partial charge in [0.1, 0.15) is 5.75 Å². The van der Waals surface area contributed by atoms with Gasteiger partial charge in [0.2, 0.25) is 5.91 Å². The van der Waals surface area contributed by atoms with Crippen LogP contribution in [0.4, 0.5) is 5.69 Å². The summed E-state index contributed by atoms with van der Waals surface area (Å²) in [6.07, 6.45) is 0.334. The molecule has 0 radical (unpaired) electrons. The minimum Gasteiger partial charge on any atom is -0.497 e. The summed E-state index contributed by atoms with van der Waals surface area (Å²) in [5.41, 5.74) is 6.11. The van der Waals surface area contributed by atoms with Crippen LogP contribution >= 0.6 is 0 Å². The van der Waals surface area contributed by atoms with Crippen LogP contribution in [0.2, 0.25) is 0 Å². The van der Waals surface area contributed by atoms with Gasteiger partial charge in [-0.25, -0.2) is 0 Å². The highest BCUT2D eigenvalue weighted by Crippen LogP contribution is 2.23. The largest absolute Gasteiger partial charge is 0.497 e. The van der Waals surface area contributed by atoms with Crippen molar-refractivity contribution in [3.8, 4) is 5.75 Å². The van der Waals surface area contributed by atoms with Crippen LogP contribution in [0.15, 0.2) is 36.4 Å². The van der Waals surface area contributed by atoms with Crippen LogP contribution in [-0.2, 0) is 4.79 Å². The molecule has 0 saturated heterocycles. The lowest BCUT2D eigenvalue weighted by Gasteiger charge is -2.07. The van der Waals surface area contributed by atoms with Crippen molar-refractivity contribution in [1.82, 2.24) is 0 Å². The molecular formula is C14H16N2O2. The SMILES string of the molecule is COc1ccc2cc(NC(=O)CCN)ccc2c1. The number of anilines is 1. The number of benzene rings is 2. The molecule has 0 spiro atoms. The second-order valence-electron chi connectivity index (χ2n) is 4.01. The lowest BCUT2D eigenvalue weighted by atomic mass is 10.1. The summed E-state index contributed by atoms with van der Waals surface area (Å²) in [6.45, 7) is 0.358. The first-order valence-corrected chi connectivity index (χ1v) is 5.80. The topological polar surface area (TPSA) is 64.3 Å². The minimum absolute atomic E-state index is 0.0645. The Balaban J connectivity index is 2.25. The Morgan fingerprint density at radius 2 is 1.94 bits per heavy atom. The Labute approximate surface area is 106 Å². The van der Waals surface area contributed by atoms with Gasteiger partial charge in [-0.05, 0) is 35.0 Å². The number of fused-ring (bicyclic) bond motifs is 1. The van der Waals surface area contributed by atoms with Crippen molar-refractivity contribution in [3.63, 3.8) is 0 Å². The van der Waals surface area contributed by atoms with E-state index in [0.29, 0.717) is 13.0 Å². The van der Waals surface area contributed by atoms with Gasteiger partial charge in [0.25, 0.3) is 0 Å². The predicted molar refractivity (Wildman–Crippen MR) is 72.8 cm³/mol. The molecule has 0 heterocycles. The second-order valence-corrected chi connectivity index (χ2v) is 4.01. The van der Waals surface area contributed by atoms with Crippen LogP contribution in [0, 0.1) is 0 Å². The zero-order chi connectivity index (χ0) is 13.0. The molecule has 4 heteroatoms. The van der Waals surface area contributed by atoms with Crippen LogP contribution in [-0.4, -0.2) is 19.6 Å². The van der Waals surface area contributed by atoms with Crippen molar-refractivity contribution in [3.05, 3.63) is 36.4 Å². The highest BCUT2D eigenvalue weighted by Gasteiger charge is 2.02. The lowest BCUT2D eigenvalue weighted by Crippen LogP contribution is -2.16. The molecule has 0 saturated carbocycles. The van der Waals surface area contributed by atoms with Gasteiger partial charge in [-0.3, -0.25) is 4.79 Å². The van der Waals surface area contributed by atoms with E-state index in [1.54, 1.807) is 7.11 Å². The first-order chi connectivity index (χ1) is 8.72. The van der Waals surface area contributed by atoms with Gasteiger partial charge < -0.3 is 15.8 Å². The van der Waals surface area contributed by atoms with Crippen LogP contribution in [0.3, 0.4) is 0 Å². The zero-order valence-corrected chi connectivity index (χ0v) is 10.3. The van der Waals surface area contributed by atoms with E-state index in [1.807, 2.05) is 36.4 Å². The molecule has 2 rings (SSSR count). The molecule has 0 aliphatic heterocycles. The summed E-state index contributed by atoms with van der Waals surface area (Å²) < 4.78 is 5.17. The molecular weight excluding hydrogens is 228 g/mol. The van der Waals surface area contributed by atoms with Crippen molar-refractivity contribution in [2.24, 2.45) is 5.73 Å². The van der Waals surface area contributed by atoms with Gasteiger partial charge in [-0.2, -0.15) is 0 Å². The van der Waals surface area contributed by atoms with Crippen LogP contribution in [0.5, 0.6) is 5.75 Å². The molecule has 0 unspecified atom stereocenters. The fourth-order valence-electron chi connectivity index (χ4n) is 1.78. The summed E-state index contributed by atoms with van der Waals surface area (Å²) in [5.74, 6) is 0.757. The third-order valence-corrected chi connectivity index (χ3v) is 2.70. The first kappa shape index (κ1) is 12.4. The Hall–Kier alpha value is -2.07. The highest BCUT2D eigenvalue weighted by molar-refractivity contribution is 5.94. The Morgan fingerprint density at radius 3 is 2.67 bits per heavy atom. The fraction of sp³-hybridized carbons (Fsp3) is 0.214. The van der Waals surface area contributed by atoms with Gasteiger partial charge in [0, 0.05) is 18.7 Å². The Kier molecular flexibility index (Phi) is 3.79. The van der Waals surface area contributed by atoms with E-state index in [1.165, 1.54) is 0 Å². The average Bonchev–Trinajstić information content (AvgIpc) is 2.38. The number of ether oxygens (including phenoxy) is 1. The number of hydrogen-bond donors (Lipinski definition) is 2. The third-order valence-electron chi connectivity index (χ3n) is 2.70. The molecule has 18 heavy (non-hydrogen) atoms. The Bertz CT molecular complexity index is 567.